The molecule has 0 saturated heterocycles. The summed E-state index contributed by atoms with van der Waals surface area (Å²) in [6.45, 7) is 0.652. The molecule has 0 atom stereocenters. The number of hydrogen-bond donors (Lipinski definition) is 2. The van der Waals surface area contributed by atoms with Crippen molar-refractivity contribution >= 4 is 7.82 Å². The molecule has 108 valence electrons. The third-order valence-electron chi connectivity index (χ3n) is 1.02. The SMILES string of the molecule is C[N+](C)(C)CCOP(=O)(O)O.O.O.O.O.[Cl-]. The number of phosphoric acid groups is 1. The van der Waals surface area contributed by atoms with Gasteiger partial charge in [-0.2, -0.15) is 0 Å². The first-order valence-corrected chi connectivity index (χ1v) is 4.74. The first-order chi connectivity index (χ1) is 4.71. The Labute approximate surface area is 100 Å². The highest BCUT2D eigenvalue weighted by molar-refractivity contribution is 7.46. The number of halogens is 1. The Kier molecular flexibility index (Phi) is 29.8. The first kappa shape index (κ1) is 36.0. The van der Waals surface area contributed by atoms with Crippen molar-refractivity contribution in [2.75, 3.05) is 34.3 Å². The van der Waals surface area contributed by atoms with Crippen LogP contribution in [0.15, 0.2) is 0 Å². The standard InChI is InChI=1S/C5H14NO4P.ClH.4H2O/c1-6(2,3)4-5-10-11(7,8)9;;;;;/h4-5H2,1-3H3,(H-,7,8,9);1H;4*1H2. The van der Waals surface area contributed by atoms with Crippen molar-refractivity contribution < 1.29 is 57.7 Å². The molecule has 0 spiro atoms. The van der Waals surface area contributed by atoms with E-state index in [0.29, 0.717) is 11.0 Å². The predicted molar refractivity (Wildman–Crippen MR) is 55.4 cm³/mol. The maximum Gasteiger partial charge on any atom is 0.469 e. The maximum atomic E-state index is 10.2. The number of rotatable bonds is 4. The van der Waals surface area contributed by atoms with E-state index in [9.17, 15) is 4.57 Å². The summed E-state index contributed by atoms with van der Waals surface area (Å²) >= 11 is 0. The van der Waals surface area contributed by atoms with Gasteiger partial charge in [0.25, 0.3) is 0 Å². The van der Waals surface area contributed by atoms with E-state index < -0.39 is 7.82 Å². The summed E-state index contributed by atoms with van der Waals surface area (Å²) < 4.78 is 15.1. The lowest BCUT2D eigenvalue weighted by atomic mass is 10.5. The van der Waals surface area contributed by atoms with Crippen molar-refractivity contribution in [2.24, 2.45) is 0 Å². The molecular formula is C5H23ClNO8P. The number of nitrogens with zero attached hydrogens (tertiary/aromatic N) is 1. The monoisotopic (exact) mass is 291 g/mol. The van der Waals surface area contributed by atoms with Crippen molar-refractivity contribution in [3.63, 3.8) is 0 Å². The van der Waals surface area contributed by atoms with Crippen LogP contribution in [-0.2, 0) is 9.09 Å². The number of likely N-dealkylation sites (N-methyl/N-ethyl adjacent to an activating group) is 1. The zero-order valence-corrected chi connectivity index (χ0v) is 11.0. The van der Waals surface area contributed by atoms with Crippen LogP contribution in [0.4, 0.5) is 0 Å². The van der Waals surface area contributed by atoms with Crippen molar-refractivity contribution in [2.45, 2.75) is 0 Å². The molecule has 10 N–H and O–H groups in total. The molecule has 0 aromatic carbocycles. The highest BCUT2D eigenvalue weighted by atomic mass is 35.5. The van der Waals surface area contributed by atoms with Crippen LogP contribution >= 0.6 is 7.82 Å². The van der Waals surface area contributed by atoms with Crippen LogP contribution in [0, 0.1) is 0 Å². The van der Waals surface area contributed by atoms with E-state index in [-0.39, 0.29) is 40.9 Å². The zero-order chi connectivity index (χ0) is 9.12. The molecular weight excluding hydrogens is 268 g/mol. The Morgan fingerprint density at radius 3 is 1.56 bits per heavy atom. The molecule has 11 heteroatoms. The molecule has 0 radical (unpaired) electrons. The predicted octanol–water partition coefficient (Wildman–Crippen LogP) is -6.49. The third kappa shape index (κ3) is 36.8. The minimum atomic E-state index is -4.26. The largest absolute Gasteiger partial charge is 1.00 e. The molecule has 0 aliphatic carbocycles. The van der Waals surface area contributed by atoms with Crippen LogP contribution in [-0.4, -0.2) is 70.5 Å². The van der Waals surface area contributed by atoms with E-state index in [2.05, 4.69) is 4.52 Å². The van der Waals surface area contributed by atoms with Gasteiger partial charge in [-0.25, -0.2) is 4.57 Å². The van der Waals surface area contributed by atoms with E-state index in [1.54, 1.807) is 0 Å². The van der Waals surface area contributed by atoms with Crippen molar-refractivity contribution in [1.29, 1.82) is 0 Å². The normalized spacial score (nSPS) is 9.31. The van der Waals surface area contributed by atoms with Gasteiger partial charge in [0.05, 0.1) is 21.1 Å². The van der Waals surface area contributed by atoms with E-state index >= 15 is 0 Å². The molecule has 9 nitrogen and oxygen atoms in total. The van der Waals surface area contributed by atoms with Crippen LogP contribution in [0.5, 0.6) is 0 Å². The molecule has 0 unspecified atom stereocenters. The number of hydrogen-bond acceptors (Lipinski definition) is 2. The Hall–Kier alpha value is 0.200. The molecule has 0 aromatic rings. The Bertz CT molecular complexity index is 168. The second kappa shape index (κ2) is 13.3. The van der Waals surface area contributed by atoms with Crippen molar-refractivity contribution in [3.8, 4) is 0 Å². The minimum absolute atomic E-state index is 0. The minimum Gasteiger partial charge on any atom is -1.00 e. The maximum absolute atomic E-state index is 10.2. The summed E-state index contributed by atoms with van der Waals surface area (Å²) in [7, 11) is 1.50. The number of phosphoric ester groups is 1. The molecule has 0 rings (SSSR count). The summed E-state index contributed by atoms with van der Waals surface area (Å²) in [6.07, 6.45) is 0. The molecule has 0 aromatic heterocycles. The van der Waals surface area contributed by atoms with Crippen LogP contribution in [0.2, 0.25) is 0 Å². The van der Waals surface area contributed by atoms with Gasteiger partial charge in [-0.15, -0.1) is 0 Å². The van der Waals surface area contributed by atoms with Gasteiger partial charge in [-0.1, -0.05) is 0 Å². The van der Waals surface area contributed by atoms with Gasteiger partial charge in [-0.05, 0) is 0 Å². The fraction of sp³-hybridized carbons (Fsp3) is 1.00. The average molecular weight is 292 g/mol. The Morgan fingerprint density at radius 1 is 1.06 bits per heavy atom. The third-order valence-corrected chi connectivity index (χ3v) is 1.54. The van der Waals surface area contributed by atoms with Gasteiger partial charge in [0, 0.05) is 0 Å². The first-order valence-electron chi connectivity index (χ1n) is 3.21. The molecule has 0 aliphatic heterocycles. The quantitative estimate of drug-likeness (QED) is 0.384. The fourth-order valence-corrected chi connectivity index (χ4v) is 0.753. The molecule has 16 heavy (non-hydrogen) atoms. The Morgan fingerprint density at radius 2 is 1.38 bits per heavy atom. The lowest BCUT2D eigenvalue weighted by Gasteiger charge is -2.23. The van der Waals surface area contributed by atoms with Crippen LogP contribution in [0.25, 0.3) is 0 Å². The number of quaternary nitrogens is 1. The zero-order valence-electron chi connectivity index (χ0n) is 9.40. The summed E-state index contributed by atoms with van der Waals surface area (Å²) in [4.78, 5) is 16.6. The van der Waals surface area contributed by atoms with Gasteiger partial charge in [0.2, 0.25) is 0 Å². The van der Waals surface area contributed by atoms with Gasteiger partial charge < -0.3 is 48.6 Å². The highest BCUT2D eigenvalue weighted by Gasteiger charge is 2.15. The smallest absolute Gasteiger partial charge is 0.469 e. The topological polar surface area (TPSA) is 193 Å². The molecule has 0 saturated carbocycles. The summed E-state index contributed by atoms with van der Waals surface area (Å²) in [5, 5.41) is 0. The van der Waals surface area contributed by atoms with Crippen LogP contribution < -0.4 is 12.4 Å². The highest BCUT2D eigenvalue weighted by Crippen LogP contribution is 2.35. The second-order valence-electron chi connectivity index (χ2n) is 3.34. The van der Waals surface area contributed by atoms with E-state index in [1.807, 2.05) is 21.1 Å². The van der Waals surface area contributed by atoms with E-state index in [0.717, 1.165) is 0 Å². The van der Waals surface area contributed by atoms with Crippen molar-refractivity contribution in [3.05, 3.63) is 0 Å². The molecule has 0 aliphatic rings. The van der Waals surface area contributed by atoms with E-state index in [4.69, 9.17) is 9.79 Å². The summed E-state index contributed by atoms with van der Waals surface area (Å²) in [6, 6.07) is 0. The molecule has 0 amide bonds. The van der Waals surface area contributed by atoms with Crippen LogP contribution in [0.3, 0.4) is 0 Å². The van der Waals surface area contributed by atoms with Gasteiger partial charge in [0.1, 0.15) is 13.2 Å². The van der Waals surface area contributed by atoms with Gasteiger partial charge in [0.15, 0.2) is 0 Å². The summed E-state index contributed by atoms with van der Waals surface area (Å²) in [5.74, 6) is 0. The lowest BCUT2D eigenvalue weighted by Crippen LogP contribution is -3.00. The Balaban J connectivity index is -0.0000000500. The fourth-order valence-electron chi connectivity index (χ4n) is 0.434. The summed E-state index contributed by atoms with van der Waals surface area (Å²) in [5.41, 5.74) is 0. The van der Waals surface area contributed by atoms with Crippen LogP contribution in [0.1, 0.15) is 0 Å². The average Bonchev–Trinajstić information content (AvgIpc) is 1.55. The van der Waals surface area contributed by atoms with Gasteiger partial charge in [-0.3, -0.25) is 4.52 Å². The molecule has 0 bridgehead atoms. The molecule has 0 fully saturated rings. The second-order valence-corrected chi connectivity index (χ2v) is 4.58. The van der Waals surface area contributed by atoms with Gasteiger partial charge >= 0.3 is 7.82 Å². The van der Waals surface area contributed by atoms with E-state index in [1.165, 1.54) is 0 Å². The lowest BCUT2D eigenvalue weighted by molar-refractivity contribution is -0.870. The van der Waals surface area contributed by atoms with Crippen molar-refractivity contribution in [1.82, 2.24) is 0 Å². The molecule has 0 heterocycles.